The van der Waals surface area contributed by atoms with Crippen molar-refractivity contribution < 1.29 is 8.78 Å². The number of pyridine rings is 2. The van der Waals surface area contributed by atoms with Crippen molar-refractivity contribution in [3.63, 3.8) is 0 Å². The van der Waals surface area contributed by atoms with Gasteiger partial charge >= 0.3 is 0 Å². The zero-order valence-electron chi connectivity index (χ0n) is 29.7. The molecule has 6 heterocycles. The first-order valence-electron chi connectivity index (χ1n) is 17.6. The molecule has 4 aromatic carbocycles. The Hall–Kier alpha value is -7.37. The molecule has 0 fully saturated rings. The minimum Gasteiger partial charge on any atom is -0.256 e. The van der Waals surface area contributed by atoms with Gasteiger partial charge in [0.15, 0.2) is 0 Å². The van der Waals surface area contributed by atoms with Crippen molar-refractivity contribution in [1.29, 1.82) is 0 Å². The predicted octanol–water partition coefficient (Wildman–Crippen LogP) is 9.45. The van der Waals surface area contributed by atoms with E-state index in [1.165, 1.54) is 18.2 Å². The Morgan fingerprint density at radius 1 is 0.561 bits per heavy atom. The summed E-state index contributed by atoms with van der Waals surface area (Å²) in [5.41, 5.74) is 8.21. The molecule has 57 heavy (non-hydrogen) atoms. The van der Waals surface area contributed by atoms with Crippen LogP contribution >= 0.6 is 15.9 Å². The molecule has 14 heteroatoms. The lowest BCUT2D eigenvalue weighted by Crippen LogP contribution is -2.02. The lowest BCUT2D eigenvalue weighted by Gasteiger charge is -2.06. The first kappa shape index (κ1) is 35.3. The molecule has 0 atom stereocenters. The molecule has 0 aliphatic carbocycles. The van der Waals surface area contributed by atoms with Gasteiger partial charge in [0.25, 0.3) is 11.6 Å². The summed E-state index contributed by atoms with van der Waals surface area (Å²) in [7, 11) is 0. The minimum absolute atomic E-state index is 0.0168. The van der Waals surface area contributed by atoms with E-state index < -0.39 is 5.82 Å². The maximum Gasteiger partial charge on any atom is 0.250 e. The summed E-state index contributed by atoms with van der Waals surface area (Å²) in [6.45, 7) is 6.97. The third-order valence-electron chi connectivity index (χ3n) is 9.29. The summed E-state index contributed by atoms with van der Waals surface area (Å²) in [5, 5.41) is 11.4. The zero-order valence-corrected chi connectivity index (χ0v) is 31.3. The quantitative estimate of drug-likeness (QED) is 0.153. The molecule has 0 bridgehead atoms. The number of aromatic nitrogens is 10. The van der Waals surface area contributed by atoms with Gasteiger partial charge in [-0.15, -0.1) is 0 Å². The maximum atomic E-state index is 14.0. The van der Waals surface area contributed by atoms with Crippen LogP contribution in [0.15, 0.2) is 139 Å². The molecule has 0 aliphatic heterocycles. The van der Waals surface area contributed by atoms with E-state index in [9.17, 15) is 8.78 Å². The van der Waals surface area contributed by atoms with Crippen molar-refractivity contribution in [2.75, 3.05) is 0 Å². The third-order valence-corrected chi connectivity index (χ3v) is 9.93. The molecule has 0 N–H and O–H groups in total. The van der Waals surface area contributed by atoms with Crippen LogP contribution in [0.5, 0.6) is 0 Å². The van der Waals surface area contributed by atoms with Crippen LogP contribution in [0.1, 0.15) is 22.5 Å². The smallest absolute Gasteiger partial charge is 0.250 e. The van der Waals surface area contributed by atoms with Gasteiger partial charge in [0.1, 0.15) is 23.0 Å². The molecule has 10 aromatic rings. The van der Waals surface area contributed by atoms with Gasteiger partial charge in [-0.25, -0.2) is 42.6 Å². The first-order chi connectivity index (χ1) is 27.9. The van der Waals surface area contributed by atoms with Gasteiger partial charge in [-0.3, -0.25) is 9.97 Å². The van der Waals surface area contributed by atoms with Crippen LogP contribution in [0.4, 0.5) is 14.5 Å². The Balaban J connectivity index is 0.000000148. The Morgan fingerprint density at radius 2 is 1.07 bits per heavy atom. The average molecular weight is 815 g/mol. The van der Waals surface area contributed by atoms with Crippen LogP contribution in [0, 0.1) is 18.2 Å². The Labute approximate surface area is 331 Å². The van der Waals surface area contributed by atoms with Gasteiger partial charge in [-0.2, -0.15) is 10.2 Å². The fourth-order valence-corrected chi connectivity index (χ4v) is 6.69. The molecule has 0 spiro atoms. The van der Waals surface area contributed by atoms with E-state index in [-0.39, 0.29) is 11.5 Å². The van der Waals surface area contributed by atoms with E-state index in [0.29, 0.717) is 51.4 Å². The van der Waals surface area contributed by atoms with Gasteiger partial charge in [0, 0.05) is 47.1 Å². The number of imidazole rings is 2. The minimum atomic E-state index is -0.574. The maximum absolute atomic E-state index is 14.0. The van der Waals surface area contributed by atoms with Crippen molar-refractivity contribution in [2.45, 2.75) is 12.8 Å². The topological polar surface area (TPSA) is 116 Å². The highest BCUT2D eigenvalue weighted by Crippen LogP contribution is 2.26. The summed E-state index contributed by atoms with van der Waals surface area (Å²) in [4.78, 5) is 29.2. The van der Waals surface area contributed by atoms with Crippen molar-refractivity contribution in [3.05, 3.63) is 184 Å². The molecule has 6 aromatic heterocycles. The van der Waals surface area contributed by atoms with Crippen LogP contribution in [0.25, 0.3) is 60.7 Å². The number of fused-ring (bicyclic) bond motifs is 4. The van der Waals surface area contributed by atoms with Crippen LogP contribution in [-0.4, -0.2) is 49.1 Å². The number of hydrogen-bond acceptors (Lipinski definition) is 8. The Bertz CT molecular complexity index is 3170. The van der Waals surface area contributed by atoms with E-state index in [1.807, 2.05) is 42.5 Å². The molecule has 0 amide bonds. The van der Waals surface area contributed by atoms with Gasteiger partial charge < -0.3 is 0 Å². The summed E-state index contributed by atoms with van der Waals surface area (Å²) in [5.74, 6) is 0.0771. The molecule has 10 rings (SSSR count). The van der Waals surface area contributed by atoms with Gasteiger partial charge in [0.2, 0.25) is 5.69 Å². The van der Waals surface area contributed by atoms with E-state index in [1.54, 1.807) is 64.4 Å². The van der Waals surface area contributed by atoms with E-state index >= 15 is 0 Å². The zero-order chi connectivity index (χ0) is 38.9. The fraction of sp³-hybridized carbons (Fsp3) is 0.0465. The number of rotatable bonds is 6. The SMILES string of the molecule is Fc1cc(-c2cnc3ncc(Cc4ccc5ncccc5c4)n3n2)ccc1Br.[C-]#[N+]c1ccc(-c2cnc3ncc(Cc4ccc5ncccc5c4)n3n2)cc1F. The number of halogens is 3. The molecular formula is C43H26BrF2N11. The predicted molar refractivity (Wildman–Crippen MR) is 215 cm³/mol. The second-order valence-corrected chi connectivity index (χ2v) is 13.9. The second-order valence-electron chi connectivity index (χ2n) is 13.0. The van der Waals surface area contributed by atoms with Crippen LogP contribution < -0.4 is 0 Å². The largest absolute Gasteiger partial charge is 0.256 e. The summed E-state index contributed by atoms with van der Waals surface area (Å²) in [6.07, 6.45) is 11.5. The molecule has 274 valence electrons. The normalized spacial score (nSPS) is 11.2. The lowest BCUT2D eigenvalue weighted by atomic mass is 10.1. The monoisotopic (exact) mass is 813 g/mol. The van der Waals surface area contributed by atoms with Gasteiger partial charge in [0.05, 0.1) is 58.3 Å². The molecule has 0 unspecified atom stereocenters. The van der Waals surface area contributed by atoms with E-state index in [0.717, 1.165) is 44.3 Å². The van der Waals surface area contributed by atoms with Crippen LogP contribution in [-0.2, 0) is 12.8 Å². The second kappa shape index (κ2) is 15.0. The standard InChI is InChI=1S/C22H13FN6.C21H13BrFN5/c1-24-20-7-5-16(11-18(20)23)21-13-27-22-26-12-17(29(22)28-21)10-14-4-6-19-15(9-14)3-2-8-25-19;22-17-5-4-15(10-18(17)23)20-12-26-21-25-11-16(28(21)27-20)9-13-3-6-19-14(8-13)2-1-7-24-19/h2-9,11-13H,10H2;1-8,10-12H,9H2. The molecular weight excluding hydrogens is 788 g/mol. The molecule has 0 radical (unpaired) electrons. The number of hydrogen-bond donors (Lipinski definition) is 0. The number of nitrogens with zero attached hydrogens (tertiary/aromatic N) is 11. The van der Waals surface area contributed by atoms with Gasteiger partial charge in [-0.05, 0) is 81.7 Å². The Kier molecular flexibility index (Phi) is 9.33. The van der Waals surface area contributed by atoms with Crippen molar-refractivity contribution in [1.82, 2.24) is 49.1 Å². The summed E-state index contributed by atoms with van der Waals surface area (Å²) < 4.78 is 31.7. The molecule has 0 saturated heterocycles. The first-order valence-corrected chi connectivity index (χ1v) is 18.4. The van der Waals surface area contributed by atoms with E-state index in [4.69, 9.17) is 6.57 Å². The van der Waals surface area contributed by atoms with Crippen molar-refractivity contribution >= 4 is 55.0 Å². The van der Waals surface area contributed by atoms with Crippen LogP contribution in [0.3, 0.4) is 0 Å². The van der Waals surface area contributed by atoms with Crippen LogP contribution in [0.2, 0.25) is 0 Å². The third kappa shape index (κ3) is 7.27. The fourth-order valence-electron chi connectivity index (χ4n) is 6.45. The molecule has 0 saturated carbocycles. The van der Waals surface area contributed by atoms with Crippen molar-refractivity contribution in [3.8, 4) is 22.5 Å². The summed E-state index contributed by atoms with van der Waals surface area (Å²) in [6, 6.07) is 29.5. The summed E-state index contributed by atoms with van der Waals surface area (Å²) >= 11 is 3.17. The number of benzene rings is 4. The van der Waals surface area contributed by atoms with E-state index in [2.05, 4.69) is 79.1 Å². The van der Waals surface area contributed by atoms with Crippen molar-refractivity contribution in [2.24, 2.45) is 0 Å². The highest BCUT2D eigenvalue weighted by atomic mass is 79.9. The molecule has 11 nitrogen and oxygen atoms in total. The average Bonchev–Trinajstić information content (AvgIpc) is 3.84. The van der Waals surface area contributed by atoms with Gasteiger partial charge in [-0.1, -0.05) is 42.5 Å². The lowest BCUT2D eigenvalue weighted by molar-refractivity contribution is 0.621. The molecule has 0 aliphatic rings. The highest BCUT2D eigenvalue weighted by Gasteiger charge is 2.13. The highest BCUT2D eigenvalue weighted by molar-refractivity contribution is 9.10. The Morgan fingerprint density at radius 3 is 1.58 bits per heavy atom.